The number of aliphatic imine (C=N–C) groups is 1. The number of rotatable bonds is 6. The minimum Gasteiger partial charge on any atom is -0.493 e. The first kappa shape index (κ1) is 21.4. The predicted octanol–water partition coefficient (Wildman–Crippen LogP) is 5.88. The number of halogens is 2. The Bertz CT molecular complexity index is 1170. The summed E-state index contributed by atoms with van der Waals surface area (Å²) in [6.07, 6.45) is 1.67. The largest absolute Gasteiger partial charge is 0.493 e. The Kier molecular flexibility index (Phi) is 6.58. The van der Waals surface area contributed by atoms with E-state index in [0.29, 0.717) is 29.0 Å². The molecule has 0 saturated heterocycles. The SMILES string of the molecule is COc1cc(/C=C2\N=C(c3ccccc3)OC2=O)cc(I)c1OCc1ccc(Cl)cc1. The summed E-state index contributed by atoms with van der Waals surface area (Å²) in [5, 5.41) is 0.678. The molecule has 31 heavy (non-hydrogen) atoms. The third-order valence-corrected chi connectivity index (χ3v) is 5.55. The number of carbonyl (C=O) groups excluding carboxylic acids is 1. The van der Waals surface area contributed by atoms with Crippen LogP contribution < -0.4 is 9.47 Å². The molecular formula is C24H17ClINO4. The molecule has 0 N–H and O–H groups in total. The minimum atomic E-state index is -0.490. The molecule has 0 spiro atoms. The third-order valence-electron chi connectivity index (χ3n) is 4.49. The van der Waals surface area contributed by atoms with Crippen LogP contribution in [0.4, 0.5) is 0 Å². The maximum Gasteiger partial charge on any atom is 0.363 e. The number of ether oxygens (including phenoxy) is 3. The molecule has 3 aromatic rings. The van der Waals surface area contributed by atoms with Gasteiger partial charge in [0.05, 0.1) is 10.7 Å². The van der Waals surface area contributed by atoms with Gasteiger partial charge in [-0.2, -0.15) is 0 Å². The number of hydrogen-bond acceptors (Lipinski definition) is 5. The van der Waals surface area contributed by atoms with E-state index in [1.807, 2.05) is 60.7 Å². The van der Waals surface area contributed by atoms with E-state index in [9.17, 15) is 4.79 Å². The van der Waals surface area contributed by atoms with Gasteiger partial charge < -0.3 is 14.2 Å². The van der Waals surface area contributed by atoms with Crippen molar-refractivity contribution >= 4 is 52.1 Å². The van der Waals surface area contributed by atoms with Crippen molar-refractivity contribution in [3.63, 3.8) is 0 Å². The van der Waals surface area contributed by atoms with Gasteiger partial charge in [-0.1, -0.05) is 41.9 Å². The highest BCUT2D eigenvalue weighted by Crippen LogP contribution is 2.35. The lowest BCUT2D eigenvalue weighted by molar-refractivity contribution is -0.129. The fourth-order valence-electron chi connectivity index (χ4n) is 2.97. The average Bonchev–Trinajstić information content (AvgIpc) is 3.14. The highest BCUT2D eigenvalue weighted by atomic mass is 127. The van der Waals surface area contributed by atoms with E-state index < -0.39 is 5.97 Å². The third kappa shape index (κ3) is 5.08. The van der Waals surface area contributed by atoms with Crippen molar-refractivity contribution in [3.8, 4) is 11.5 Å². The average molecular weight is 546 g/mol. The number of hydrogen-bond donors (Lipinski definition) is 0. The molecule has 7 heteroatoms. The van der Waals surface area contributed by atoms with Crippen molar-refractivity contribution in [3.05, 3.63) is 97.7 Å². The zero-order valence-corrected chi connectivity index (χ0v) is 19.4. The molecule has 0 amide bonds. The summed E-state index contributed by atoms with van der Waals surface area (Å²) >= 11 is 8.11. The van der Waals surface area contributed by atoms with E-state index in [-0.39, 0.29) is 5.70 Å². The Morgan fingerprint density at radius 2 is 1.84 bits per heavy atom. The first-order chi connectivity index (χ1) is 15.0. The quantitative estimate of drug-likeness (QED) is 0.221. The Balaban J connectivity index is 1.58. The van der Waals surface area contributed by atoms with Gasteiger partial charge >= 0.3 is 5.97 Å². The first-order valence-electron chi connectivity index (χ1n) is 9.36. The van der Waals surface area contributed by atoms with Crippen LogP contribution in [-0.2, 0) is 16.1 Å². The molecule has 0 saturated carbocycles. The van der Waals surface area contributed by atoms with Gasteiger partial charge in [-0.3, -0.25) is 0 Å². The monoisotopic (exact) mass is 545 g/mol. The summed E-state index contributed by atoms with van der Waals surface area (Å²) in [5.74, 6) is 0.992. The number of esters is 1. The summed E-state index contributed by atoms with van der Waals surface area (Å²) in [5.41, 5.74) is 2.72. The summed E-state index contributed by atoms with van der Waals surface area (Å²) < 4.78 is 17.7. The Labute approximate surface area is 198 Å². The van der Waals surface area contributed by atoms with Crippen LogP contribution in [0.3, 0.4) is 0 Å². The molecule has 156 valence electrons. The van der Waals surface area contributed by atoms with Gasteiger partial charge in [0.2, 0.25) is 5.90 Å². The Hall–Kier alpha value is -2.84. The van der Waals surface area contributed by atoms with Gasteiger partial charge in [-0.25, -0.2) is 9.79 Å². The lowest BCUT2D eigenvalue weighted by Gasteiger charge is -2.14. The topological polar surface area (TPSA) is 57.1 Å². The molecule has 1 aliphatic heterocycles. The fourth-order valence-corrected chi connectivity index (χ4v) is 3.88. The molecule has 1 heterocycles. The molecular weight excluding hydrogens is 529 g/mol. The molecule has 0 aromatic heterocycles. The zero-order chi connectivity index (χ0) is 21.8. The molecule has 0 aliphatic carbocycles. The van der Waals surface area contributed by atoms with Crippen molar-refractivity contribution in [2.75, 3.05) is 7.11 Å². The van der Waals surface area contributed by atoms with Crippen LogP contribution in [0.25, 0.3) is 6.08 Å². The molecule has 4 rings (SSSR count). The first-order valence-corrected chi connectivity index (χ1v) is 10.8. The molecule has 0 bridgehead atoms. The Morgan fingerprint density at radius 3 is 2.55 bits per heavy atom. The van der Waals surface area contributed by atoms with Crippen LogP contribution in [0.5, 0.6) is 11.5 Å². The number of benzene rings is 3. The van der Waals surface area contributed by atoms with Gasteiger partial charge in [-0.15, -0.1) is 0 Å². The van der Waals surface area contributed by atoms with E-state index >= 15 is 0 Å². The molecule has 0 fully saturated rings. The van der Waals surface area contributed by atoms with Crippen LogP contribution in [0.1, 0.15) is 16.7 Å². The lowest BCUT2D eigenvalue weighted by atomic mass is 10.1. The van der Waals surface area contributed by atoms with Gasteiger partial charge in [0.15, 0.2) is 17.2 Å². The molecule has 1 aliphatic rings. The number of nitrogens with zero attached hydrogens (tertiary/aromatic N) is 1. The summed E-state index contributed by atoms with van der Waals surface area (Å²) in [4.78, 5) is 16.6. The van der Waals surface area contributed by atoms with E-state index in [4.69, 9.17) is 25.8 Å². The van der Waals surface area contributed by atoms with Crippen molar-refractivity contribution in [2.45, 2.75) is 6.61 Å². The molecule has 0 unspecified atom stereocenters. The molecule has 5 nitrogen and oxygen atoms in total. The maximum absolute atomic E-state index is 12.3. The summed E-state index contributed by atoms with van der Waals surface area (Å²) in [6.45, 7) is 0.376. The Morgan fingerprint density at radius 1 is 1.10 bits per heavy atom. The molecule has 3 aromatic carbocycles. The highest BCUT2D eigenvalue weighted by molar-refractivity contribution is 14.1. The van der Waals surface area contributed by atoms with Gasteiger partial charge in [0, 0.05) is 10.6 Å². The number of cyclic esters (lactones) is 1. The highest BCUT2D eigenvalue weighted by Gasteiger charge is 2.24. The van der Waals surface area contributed by atoms with Crippen LogP contribution in [0.2, 0.25) is 5.02 Å². The van der Waals surface area contributed by atoms with Gasteiger partial charge in [0.1, 0.15) is 6.61 Å². The molecule has 0 atom stereocenters. The smallest absolute Gasteiger partial charge is 0.363 e. The summed E-state index contributed by atoms with van der Waals surface area (Å²) in [6, 6.07) is 20.5. The van der Waals surface area contributed by atoms with Gasteiger partial charge in [0.25, 0.3) is 0 Å². The van der Waals surface area contributed by atoms with Crippen LogP contribution in [0, 0.1) is 3.57 Å². The van der Waals surface area contributed by atoms with Crippen LogP contribution >= 0.6 is 34.2 Å². The van der Waals surface area contributed by atoms with Crippen molar-refractivity contribution in [1.29, 1.82) is 0 Å². The predicted molar refractivity (Wildman–Crippen MR) is 129 cm³/mol. The number of methoxy groups -OCH3 is 1. The zero-order valence-electron chi connectivity index (χ0n) is 16.5. The summed E-state index contributed by atoms with van der Waals surface area (Å²) in [7, 11) is 1.58. The fraction of sp³-hybridized carbons (Fsp3) is 0.0833. The standard InChI is InChI=1S/C24H17ClINO4/c1-29-21-13-16(11-19(26)22(21)30-14-15-7-9-18(25)10-8-15)12-20-24(28)31-23(27-20)17-5-3-2-4-6-17/h2-13H,14H2,1H3/b20-12-. The normalized spacial score (nSPS) is 14.4. The molecule has 0 radical (unpaired) electrons. The van der Waals surface area contributed by atoms with Crippen LogP contribution in [-0.4, -0.2) is 19.0 Å². The minimum absolute atomic E-state index is 0.228. The van der Waals surface area contributed by atoms with E-state index in [2.05, 4.69) is 27.6 Å². The van der Waals surface area contributed by atoms with Crippen molar-refractivity contribution in [1.82, 2.24) is 0 Å². The van der Waals surface area contributed by atoms with Crippen LogP contribution in [0.15, 0.2) is 77.4 Å². The van der Waals surface area contributed by atoms with E-state index in [0.717, 1.165) is 20.3 Å². The maximum atomic E-state index is 12.3. The second kappa shape index (κ2) is 9.53. The van der Waals surface area contributed by atoms with Crippen molar-refractivity contribution in [2.24, 2.45) is 4.99 Å². The van der Waals surface area contributed by atoms with E-state index in [1.165, 1.54) is 0 Å². The second-order valence-corrected chi connectivity index (χ2v) is 8.25. The number of carbonyl (C=O) groups is 1. The van der Waals surface area contributed by atoms with E-state index in [1.54, 1.807) is 19.3 Å². The van der Waals surface area contributed by atoms with Crippen molar-refractivity contribution < 1.29 is 19.0 Å². The second-order valence-electron chi connectivity index (χ2n) is 6.65. The lowest BCUT2D eigenvalue weighted by Crippen LogP contribution is -2.05. The van der Waals surface area contributed by atoms with Gasteiger partial charge in [-0.05, 0) is 76.2 Å².